The summed E-state index contributed by atoms with van der Waals surface area (Å²) in [6.45, 7) is 0. The Hall–Kier alpha value is -7.23. The molecule has 0 saturated carbocycles. The summed E-state index contributed by atoms with van der Waals surface area (Å²) in [6, 6.07) is 70.7. The van der Waals surface area contributed by atoms with Crippen molar-refractivity contribution in [2.45, 2.75) is 0 Å². The number of fused-ring (bicyclic) bond motifs is 3. The number of rotatable bonds is 6. The Morgan fingerprint density at radius 2 is 0.685 bits per heavy atom. The largest absolute Gasteiger partial charge is 0.208 e. The normalized spacial score (nSPS) is 11.3. The summed E-state index contributed by atoms with van der Waals surface area (Å²) >= 11 is 0. The van der Waals surface area contributed by atoms with E-state index in [4.69, 9.17) is 15.0 Å². The third kappa shape index (κ3) is 5.88. The van der Waals surface area contributed by atoms with Gasteiger partial charge in [-0.3, -0.25) is 0 Å². The molecule has 0 unspecified atom stereocenters. The molecule has 54 heavy (non-hydrogen) atoms. The van der Waals surface area contributed by atoms with Crippen molar-refractivity contribution in [2.75, 3.05) is 0 Å². The quantitative estimate of drug-likeness (QED) is 0.175. The van der Waals surface area contributed by atoms with Crippen LogP contribution in [0, 0.1) is 0 Å². The van der Waals surface area contributed by atoms with E-state index in [9.17, 15) is 0 Å². The highest BCUT2D eigenvalue weighted by Gasteiger charge is 2.16. The molecule has 0 amide bonds. The molecule has 10 aromatic rings. The molecule has 0 N–H and O–H groups in total. The van der Waals surface area contributed by atoms with Gasteiger partial charge in [0, 0.05) is 16.7 Å². The number of hydrogen-bond acceptors (Lipinski definition) is 3. The standard InChI is InChI=1S/C51H33N3/c1-2-13-34(14-3-1)44-32-38-18-7-9-25-47(38)48(33-44)40-21-11-23-42(31-40)50-52-49(53-51(54-50)43-28-27-35-15-4-5-17-37(35)29-43)41-22-10-20-39(30-41)46-26-12-19-36-16-6-8-24-45(36)46/h1-33H. The Kier molecular flexibility index (Phi) is 7.81. The zero-order valence-corrected chi connectivity index (χ0v) is 29.4. The Bertz CT molecular complexity index is 3000. The van der Waals surface area contributed by atoms with Crippen molar-refractivity contribution in [1.82, 2.24) is 15.0 Å². The van der Waals surface area contributed by atoms with Crippen LogP contribution in [0.3, 0.4) is 0 Å². The van der Waals surface area contributed by atoms with E-state index in [1.165, 1.54) is 49.2 Å². The Labute approximate surface area is 313 Å². The Balaban J connectivity index is 1.14. The van der Waals surface area contributed by atoms with Crippen molar-refractivity contribution in [3.05, 3.63) is 200 Å². The molecule has 0 saturated heterocycles. The molecule has 0 bridgehead atoms. The molecule has 1 aromatic heterocycles. The van der Waals surface area contributed by atoms with Crippen LogP contribution in [-0.2, 0) is 0 Å². The lowest BCUT2D eigenvalue weighted by atomic mass is 9.92. The fourth-order valence-corrected chi connectivity index (χ4v) is 7.57. The third-order valence-electron chi connectivity index (χ3n) is 10.3. The molecule has 3 heteroatoms. The van der Waals surface area contributed by atoms with Crippen molar-refractivity contribution >= 4 is 32.3 Å². The van der Waals surface area contributed by atoms with E-state index in [2.05, 4.69) is 200 Å². The van der Waals surface area contributed by atoms with Gasteiger partial charge in [-0.1, -0.05) is 170 Å². The van der Waals surface area contributed by atoms with Gasteiger partial charge in [0.2, 0.25) is 0 Å². The zero-order chi connectivity index (χ0) is 35.8. The van der Waals surface area contributed by atoms with E-state index in [0.717, 1.165) is 33.2 Å². The Morgan fingerprint density at radius 1 is 0.222 bits per heavy atom. The van der Waals surface area contributed by atoms with E-state index in [-0.39, 0.29) is 0 Å². The van der Waals surface area contributed by atoms with Crippen molar-refractivity contribution in [3.63, 3.8) is 0 Å². The average Bonchev–Trinajstić information content (AvgIpc) is 3.26. The highest BCUT2D eigenvalue weighted by atomic mass is 15.0. The SMILES string of the molecule is c1ccc(-c2cc(-c3cccc(-c4nc(-c5cccc(-c6cccc7ccccc67)c5)nc(-c5ccc6ccccc6c5)n4)c3)c3ccccc3c2)cc1. The van der Waals surface area contributed by atoms with E-state index < -0.39 is 0 Å². The number of benzene rings is 9. The van der Waals surface area contributed by atoms with E-state index >= 15 is 0 Å². The average molecular weight is 688 g/mol. The van der Waals surface area contributed by atoms with Gasteiger partial charge >= 0.3 is 0 Å². The monoisotopic (exact) mass is 687 g/mol. The van der Waals surface area contributed by atoms with Crippen LogP contribution < -0.4 is 0 Å². The first-order valence-corrected chi connectivity index (χ1v) is 18.3. The summed E-state index contributed by atoms with van der Waals surface area (Å²) in [5, 5.41) is 7.15. The molecule has 3 nitrogen and oxygen atoms in total. The first-order chi connectivity index (χ1) is 26.7. The Morgan fingerprint density at radius 3 is 1.39 bits per heavy atom. The summed E-state index contributed by atoms with van der Waals surface area (Å²) in [6.07, 6.45) is 0. The molecule has 0 spiro atoms. The van der Waals surface area contributed by atoms with Crippen molar-refractivity contribution < 1.29 is 0 Å². The summed E-state index contributed by atoms with van der Waals surface area (Å²) in [7, 11) is 0. The molecule has 10 rings (SSSR count). The lowest BCUT2D eigenvalue weighted by molar-refractivity contribution is 1.07. The molecule has 1 heterocycles. The predicted molar refractivity (Wildman–Crippen MR) is 225 cm³/mol. The second-order valence-corrected chi connectivity index (χ2v) is 13.7. The maximum atomic E-state index is 5.20. The van der Waals surface area contributed by atoms with Crippen LogP contribution in [0.25, 0.3) is 99.9 Å². The first-order valence-electron chi connectivity index (χ1n) is 18.3. The van der Waals surface area contributed by atoms with Gasteiger partial charge in [-0.15, -0.1) is 0 Å². The highest BCUT2D eigenvalue weighted by molar-refractivity contribution is 6.01. The molecule has 9 aromatic carbocycles. The maximum absolute atomic E-state index is 5.20. The minimum atomic E-state index is 0.629. The summed E-state index contributed by atoms with van der Waals surface area (Å²) in [5.41, 5.74) is 9.75. The van der Waals surface area contributed by atoms with Gasteiger partial charge in [-0.2, -0.15) is 0 Å². The highest BCUT2D eigenvalue weighted by Crippen LogP contribution is 2.37. The van der Waals surface area contributed by atoms with Crippen LogP contribution >= 0.6 is 0 Å². The van der Waals surface area contributed by atoms with E-state index in [1.807, 2.05) is 0 Å². The molecule has 0 fully saturated rings. The smallest absolute Gasteiger partial charge is 0.164 e. The van der Waals surface area contributed by atoms with Gasteiger partial charge in [0.25, 0.3) is 0 Å². The predicted octanol–water partition coefficient (Wildman–Crippen LogP) is 13.3. The van der Waals surface area contributed by atoms with Gasteiger partial charge in [-0.05, 0) is 96.0 Å². The van der Waals surface area contributed by atoms with Crippen LogP contribution in [0.5, 0.6) is 0 Å². The van der Waals surface area contributed by atoms with Gasteiger partial charge in [0.1, 0.15) is 0 Å². The molecule has 0 atom stereocenters. The van der Waals surface area contributed by atoms with E-state index in [0.29, 0.717) is 17.5 Å². The maximum Gasteiger partial charge on any atom is 0.164 e. The molecule has 0 aliphatic rings. The van der Waals surface area contributed by atoms with Gasteiger partial charge in [0.05, 0.1) is 0 Å². The number of hydrogen-bond donors (Lipinski definition) is 0. The van der Waals surface area contributed by atoms with Crippen LogP contribution in [0.15, 0.2) is 200 Å². The molecular weight excluding hydrogens is 655 g/mol. The summed E-state index contributed by atoms with van der Waals surface area (Å²) < 4.78 is 0. The lowest BCUT2D eigenvalue weighted by Crippen LogP contribution is -2.00. The topological polar surface area (TPSA) is 38.7 Å². The van der Waals surface area contributed by atoms with Crippen LogP contribution in [0.1, 0.15) is 0 Å². The van der Waals surface area contributed by atoms with Crippen LogP contribution in [0.4, 0.5) is 0 Å². The van der Waals surface area contributed by atoms with E-state index in [1.54, 1.807) is 0 Å². The molecule has 252 valence electrons. The van der Waals surface area contributed by atoms with Crippen molar-refractivity contribution in [2.24, 2.45) is 0 Å². The molecular formula is C51H33N3. The molecule has 0 aliphatic carbocycles. The zero-order valence-electron chi connectivity index (χ0n) is 29.4. The fourth-order valence-electron chi connectivity index (χ4n) is 7.57. The third-order valence-corrected chi connectivity index (χ3v) is 10.3. The minimum absolute atomic E-state index is 0.629. The van der Waals surface area contributed by atoms with Crippen LogP contribution in [-0.4, -0.2) is 15.0 Å². The second kappa shape index (κ2) is 13.4. The van der Waals surface area contributed by atoms with Crippen molar-refractivity contribution in [3.8, 4) is 67.5 Å². The summed E-state index contributed by atoms with van der Waals surface area (Å²) in [5.74, 6) is 1.90. The summed E-state index contributed by atoms with van der Waals surface area (Å²) in [4.78, 5) is 15.5. The number of aromatic nitrogens is 3. The van der Waals surface area contributed by atoms with Gasteiger partial charge in [0.15, 0.2) is 17.5 Å². The van der Waals surface area contributed by atoms with Gasteiger partial charge in [-0.25, -0.2) is 15.0 Å². The fraction of sp³-hybridized carbons (Fsp3) is 0. The minimum Gasteiger partial charge on any atom is -0.208 e. The molecule has 0 radical (unpaired) electrons. The molecule has 0 aliphatic heterocycles. The van der Waals surface area contributed by atoms with Crippen molar-refractivity contribution in [1.29, 1.82) is 0 Å². The number of nitrogens with zero attached hydrogens (tertiary/aromatic N) is 3. The second-order valence-electron chi connectivity index (χ2n) is 13.7. The first kappa shape index (κ1) is 31.5. The van der Waals surface area contributed by atoms with Crippen LogP contribution in [0.2, 0.25) is 0 Å². The van der Waals surface area contributed by atoms with Gasteiger partial charge < -0.3 is 0 Å². The lowest BCUT2D eigenvalue weighted by Gasteiger charge is -2.13.